The number of urea groups is 1. The summed E-state index contributed by atoms with van der Waals surface area (Å²) in [6, 6.07) is -0.564. The van der Waals surface area contributed by atoms with Crippen molar-refractivity contribution in [2.45, 2.75) is 65.7 Å². The van der Waals surface area contributed by atoms with Crippen LogP contribution >= 0.6 is 0 Å². The normalized spacial score (nSPS) is 20.1. The van der Waals surface area contributed by atoms with Crippen LogP contribution in [0.25, 0.3) is 0 Å². The third-order valence-electron chi connectivity index (χ3n) is 6.46. The molecule has 1 aromatic carbocycles. The van der Waals surface area contributed by atoms with E-state index in [0.717, 1.165) is 57.2 Å². The number of hydrogen-bond acceptors (Lipinski definition) is 5. The van der Waals surface area contributed by atoms with E-state index in [0.29, 0.717) is 12.5 Å². The Morgan fingerprint density at radius 1 is 1.12 bits per heavy atom. The lowest BCUT2D eigenvalue weighted by atomic mass is 9.93. The number of amides is 2. The summed E-state index contributed by atoms with van der Waals surface area (Å²) in [6.45, 7) is 11.2. The lowest BCUT2D eigenvalue weighted by molar-refractivity contribution is -1.11. The molecule has 8 nitrogen and oxygen atoms in total. The molecule has 8 heteroatoms. The Labute approximate surface area is 191 Å². The van der Waals surface area contributed by atoms with Gasteiger partial charge in [0.15, 0.2) is 0 Å². The Morgan fingerprint density at radius 3 is 2.22 bits per heavy atom. The van der Waals surface area contributed by atoms with E-state index >= 15 is 0 Å². The third kappa shape index (κ3) is 4.48. The monoisotopic (exact) mass is 444 g/mol. The number of nitrogens with zero attached hydrogens (tertiary/aromatic N) is 2. The number of rotatable bonds is 4. The first-order valence-corrected chi connectivity index (χ1v) is 11.7. The molecule has 1 heterocycles. The lowest BCUT2D eigenvalue weighted by Gasteiger charge is -2.31. The molecule has 0 spiro atoms. The number of anilines is 1. The fourth-order valence-corrected chi connectivity index (χ4v) is 5.06. The highest BCUT2D eigenvalue weighted by molar-refractivity contribution is 5.91. The van der Waals surface area contributed by atoms with Crippen LogP contribution in [0.5, 0.6) is 0 Å². The van der Waals surface area contributed by atoms with E-state index in [1.165, 1.54) is 33.9 Å². The van der Waals surface area contributed by atoms with E-state index in [-0.39, 0.29) is 5.70 Å². The zero-order valence-corrected chi connectivity index (χ0v) is 19.9. The van der Waals surface area contributed by atoms with Crippen molar-refractivity contribution < 1.29 is 19.6 Å². The van der Waals surface area contributed by atoms with Gasteiger partial charge in [-0.1, -0.05) is 20.4 Å². The van der Waals surface area contributed by atoms with Crippen molar-refractivity contribution in [3.63, 3.8) is 0 Å². The molecule has 1 aromatic rings. The number of benzene rings is 1. The van der Waals surface area contributed by atoms with Crippen LogP contribution in [-0.4, -0.2) is 41.2 Å². The lowest BCUT2D eigenvalue weighted by Crippen LogP contribution is -2.63. The summed E-state index contributed by atoms with van der Waals surface area (Å²) in [5, 5.41) is 13.8. The SMILES string of the molecule is C=C/C(=C1/OCCCN1C)[N+](N)(O)NC(=O)Nc1c2c(c(C)c3c1CCC3)CCC2.CC. The predicted octanol–water partition coefficient (Wildman–Crippen LogP) is 3.82. The fraction of sp³-hybridized carbons (Fsp3) is 0.542. The van der Waals surface area contributed by atoms with E-state index in [2.05, 4.69) is 24.2 Å². The summed E-state index contributed by atoms with van der Waals surface area (Å²) in [6.07, 6.45) is 8.50. The van der Waals surface area contributed by atoms with Crippen molar-refractivity contribution in [3.8, 4) is 0 Å². The number of hydroxylamine groups is 1. The van der Waals surface area contributed by atoms with E-state index in [9.17, 15) is 10.0 Å². The van der Waals surface area contributed by atoms with Crippen LogP contribution in [0.1, 0.15) is 60.9 Å². The molecule has 1 aliphatic heterocycles. The number of carbonyl (C=O) groups excluding carboxylic acids is 1. The van der Waals surface area contributed by atoms with Gasteiger partial charge in [0, 0.05) is 30.2 Å². The molecule has 1 unspecified atom stereocenters. The first-order valence-electron chi connectivity index (χ1n) is 11.7. The maximum Gasteiger partial charge on any atom is 0.368 e. The molecule has 1 atom stereocenters. The minimum absolute atomic E-state index is 0.173. The Kier molecular flexibility index (Phi) is 7.48. The Morgan fingerprint density at radius 2 is 1.69 bits per heavy atom. The van der Waals surface area contributed by atoms with Crippen LogP contribution in [0, 0.1) is 6.92 Å². The summed E-state index contributed by atoms with van der Waals surface area (Å²) in [5.74, 6) is 6.46. The van der Waals surface area contributed by atoms with Gasteiger partial charge < -0.3 is 15.0 Å². The molecule has 2 amide bonds. The van der Waals surface area contributed by atoms with Gasteiger partial charge in [-0.25, -0.2) is 4.79 Å². The van der Waals surface area contributed by atoms with E-state index in [1.54, 1.807) is 0 Å². The molecule has 4 rings (SSSR count). The third-order valence-corrected chi connectivity index (χ3v) is 6.46. The number of carbonyl (C=O) groups is 1. The highest BCUT2D eigenvalue weighted by Crippen LogP contribution is 2.41. The zero-order chi connectivity index (χ0) is 23.5. The summed E-state index contributed by atoms with van der Waals surface area (Å²) >= 11 is 0. The van der Waals surface area contributed by atoms with Gasteiger partial charge in [0.1, 0.15) is 0 Å². The summed E-state index contributed by atoms with van der Waals surface area (Å²) in [7, 11) is 1.84. The first-order chi connectivity index (χ1) is 15.3. The molecular formula is C24H38N5O3+. The number of hydrogen-bond donors (Lipinski definition) is 4. The van der Waals surface area contributed by atoms with Gasteiger partial charge in [-0.05, 0) is 79.7 Å². The van der Waals surface area contributed by atoms with Crippen LogP contribution in [0.15, 0.2) is 24.2 Å². The predicted molar refractivity (Wildman–Crippen MR) is 125 cm³/mol. The average Bonchev–Trinajstić information content (AvgIpc) is 3.44. The number of quaternary nitrogens is 1. The van der Waals surface area contributed by atoms with Crippen molar-refractivity contribution >= 4 is 11.7 Å². The first kappa shape index (κ1) is 24.1. The van der Waals surface area contributed by atoms with Gasteiger partial charge >= 0.3 is 6.03 Å². The summed E-state index contributed by atoms with van der Waals surface area (Å²) < 4.78 is 5.67. The molecule has 0 saturated carbocycles. The van der Waals surface area contributed by atoms with Crippen LogP contribution in [-0.2, 0) is 30.4 Å². The molecule has 5 N–H and O–H groups in total. The number of fused-ring (bicyclic) bond motifs is 2. The van der Waals surface area contributed by atoms with E-state index in [4.69, 9.17) is 10.6 Å². The smallest absolute Gasteiger partial charge is 0.368 e. The van der Waals surface area contributed by atoms with Gasteiger partial charge in [0.25, 0.3) is 11.6 Å². The maximum atomic E-state index is 12.9. The minimum Gasteiger partial charge on any atom is -0.475 e. The largest absolute Gasteiger partial charge is 0.475 e. The average molecular weight is 445 g/mol. The molecule has 176 valence electrons. The van der Waals surface area contributed by atoms with Crippen LogP contribution in [0.4, 0.5) is 10.5 Å². The maximum absolute atomic E-state index is 12.9. The number of allylic oxidation sites excluding steroid dienone is 1. The molecule has 32 heavy (non-hydrogen) atoms. The second kappa shape index (κ2) is 9.94. The van der Waals surface area contributed by atoms with Gasteiger partial charge in [0.05, 0.1) is 6.61 Å². The van der Waals surface area contributed by atoms with Gasteiger partial charge in [0.2, 0.25) is 0 Å². The van der Waals surface area contributed by atoms with Gasteiger partial charge in [-0.3, -0.25) is 0 Å². The van der Waals surface area contributed by atoms with Gasteiger partial charge in [-0.15, -0.1) is 11.3 Å². The Hall–Kier alpha value is -2.55. The zero-order valence-electron chi connectivity index (χ0n) is 19.9. The molecule has 1 saturated heterocycles. The van der Waals surface area contributed by atoms with Crippen molar-refractivity contribution in [2.75, 3.05) is 25.5 Å². The quantitative estimate of drug-likeness (QED) is 0.321. The van der Waals surface area contributed by atoms with E-state index < -0.39 is 10.9 Å². The van der Waals surface area contributed by atoms with Crippen molar-refractivity contribution in [2.24, 2.45) is 5.84 Å². The highest BCUT2D eigenvalue weighted by atomic mass is 16.6. The molecule has 0 bridgehead atoms. The Bertz CT molecular complexity index is 888. The second-order valence-electron chi connectivity index (χ2n) is 8.39. The molecule has 3 aliphatic rings. The molecule has 2 aliphatic carbocycles. The van der Waals surface area contributed by atoms with Crippen LogP contribution in [0.2, 0.25) is 0 Å². The fourth-order valence-electron chi connectivity index (χ4n) is 5.06. The topological polar surface area (TPSA) is 99.8 Å². The van der Waals surface area contributed by atoms with Crippen molar-refractivity contribution in [3.05, 3.63) is 52.1 Å². The van der Waals surface area contributed by atoms with E-state index in [1.807, 2.05) is 25.8 Å². The second-order valence-corrected chi connectivity index (χ2v) is 8.39. The van der Waals surface area contributed by atoms with Gasteiger partial charge in [-0.2, -0.15) is 5.21 Å². The summed E-state index contributed by atoms with van der Waals surface area (Å²) in [4.78, 5) is 13.4. The van der Waals surface area contributed by atoms with Crippen molar-refractivity contribution in [1.82, 2.24) is 10.3 Å². The van der Waals surface area contributed by atoms with Crippen LogP contribution < -0.4 is 16.6 Å². The molecular weight excluding hydrogens is 406 g/mol. The van der Waals surface area contributed by atoms with Crippen molar-refractivity contribution in [1.29, 1.82) is 0 Å². The molecule has 1 fully saturated rings. The number of nitrogens with two attached hydrogens (primary N) is 1. The Balaban J connectivity index is 0.00000141. The molecule has 0 aromatic heterocycles. The van der Waals surface area contributed by atoms with Crippen LogP contribution in [0.3, 0.4) is 0 Å². The molecule has 0 radical (unpaired) electrons. The highest BCUT2D eigenvalue weighted by Gasteiger charge is 2.36. The number of nitrogens with one attached hydrogen (secondary N) is 2. The minimum atomic E-state index is -1.34. The summed E-state index contributed by atoms with van der Waals surface area (Å²) in [5.41, 5.74) is 10.1. The standard InChI is InChI=1S/C22H31N5O3.C2H6/c1-4-19(21-26(3)12-7-13-30-21)27(23,29)25-22(28)24-20-17-10-5-8-15(17)14(2)16-9-6-11-18(16)20;1-2/h4,29H,1,5-13,23H2,2-3H3,(H-,24,25,28);1-2H3/p+1/b21-19-;. The number of ether oxygens (including phenoxy) is 1.